The lowest BCUT2D eigenvalue weighted by atomic mass is 10.3. The maximum atomic E-state index is 10.4. The van der Waals surface area contributed by atoms with Gasteiger partial charge in [0.2, 0.25) is 5.89 Å². The Labute approximate surface area is 95.8 Å². The highest BCUT2D eigenvalue weighted by atomic mass is 16.6. The number of nitrogens with zero attached hydrogens (tertiary/aromatic N) is 3. The zero-order chi connectivity index (χ0) is 12.4. The monoisotopic (exact) mass is 238 g/mol. The van der Waals surface area contributed by atoms with E-state index in [0.717, 1.165) is 0 Å². The van der Waals surface area contributed by atoms with Crippen LogP contribution in [0.4, 0.5) is 5.88 Å². The topological polar surface area (TPSA) is 107 Å². The predicted molar refractivity (Wildman–Crippen MR) is 56.1 cm³/mol. The molecule has 0 amide bonds. The Balaban J connectivity index is 2.27. The van der Waals surface area contributed by atoms with Gasteiger partial charge in [-0.25, -0.2) is 0 Å². The average Bonchev–Trinajstić information content (AvgIpc) is 2.95. The minimum Gasteiger partial charge on any atom is -0.416 e. The summed E-state index contributed by atoms with van der Waals surface area (Å²) >= 11 is 0. The Bertz CT molecular complexity index is 533. The standard InChI is InChI=1S/C9H10N4O4/c1-5(10-2)8-11-12-9(17-8)6-3-4-7(16-6)13(14)15/h3-5,10H,1-2H3. The van der Waals surface area contributed by atoms with Crippen molar-refractivity contribution in [1.29, 1.82) is 0 Å². The minimum absolute atomic E-state index is 0.0961. The summed E-state index contributed by atoms with van der Waals surface area (Å²) in [6.45, 7) is 1.85. The molecule has 0 spiro atoms. The predicted octanol–water partition coefficient (Wildman–Crippen LogP) is 1.52. The molecule has 17 heavy (non-hydrogen) atoms. The SMILES string of the molecule is CNC(C)c1nnc(-c2ccc([N+](=O)[O-])o2)o1. The second-order valence-corrected chi connectivity index (χ2v) is 3.35. The minimum atomic E-state index is -0.628. The van der Waals surface area contributed by atoms with Crippen molar-refractivity contribution in [3.8, 4) is 11.7 Å². The molecular formula is C9H10N4O4. The van der Waals surface area contributed by atoms with Gasteiger partial charge in [0.05, 0.1) is 12.1 Å². The molecule has 2 aromatic heterocycles. The van der Waals surface area contributed by atoms with E-state index in [-0.39, 0.29) is 23.6 Å². The van der Waals surface area contributed by atoms with Crippen LogP contribution in [-0.4, -0.2) is 22.2 Å². The maximum Gasteiger partial charge on any atom is 0.433 e. The quantitative estimate of drug-likeness (QED) is 0.635. The van der Waals surface area contributed by atoms with E-state index in [1.165, 1.54) is 12.1 Å². The van der Waals surface area contributed by atoms with Gasteiger partial charge in [0.1, 0.15) is 4.92 Å². The van der Waals surface area contributed by atoms with E-state index in [0.29, 0.717) is 5.89 Å². The molecule has 0 aliphatic rings. The van der Waals surface area contributed by atoms with Crippen molar-refractivity contribution in [2.75, 3.05) is 7.05 Å². The van der Waals surface area contributed by atoms with Crippen molar-refractivity contribution < 1.29 is 13.8 Å². The zero-order valence-electron chi connectivity index (χ0n) is 9.21. The molecular weight excluding hydrogens is 228 g/mol. The van der Waals surface area contributed by atoms with E-state index >= 15 is 0 Å². The van der Waals surface area contributed by atoms with Gasteiger partial charge < -0.3 is 14.2 Å². The Morgan fingerprint density at radius 2 is 2.18 bits per heavy atom. The van der Waals surface area contributed by atoms with Gasteiger partial charge in [0.15, 0.2) is 5.76 Å². The second kappa shape index (κ2) is 4.34. The molecule has 0 fully saturated rings. The zero-order valence-corrected chi connectivity index (χ0v) is 9.21. The van der Waals surface area contributed by atoms with Gasteiger partial charge in [-0.2, -0.15) is 0 Å². The van der Waals surface area contributed by atoms with Crippen LogP contribution in [0.5, 0.6) is 0 Å². The van der Waals surface area contributed by atoms with Gasteiger partial charge in [-0.1, -0.05) is 0 Å². The van der Waals surface area contributed by atoms with E-state index in [4.69, 9.17) is 8.83 Å². The molecule has 0 saturated heterocycles. The third-order valence-corrected chi connectivity index (χ3v) is 2.23. The summed E-state index contributed by atoms with van der Waals surface area (Å²) in [6, 6.07) is 2.56. The normalized spacial score (nSPS) is 12.6. The molecule has 1 atom stereocenters. The first-order chi connectivity index (χ1) is 8.11. The summed E-state index contributed by atoms with van der Waals surface area (Å²) in [7, 11) is 1.76. The number of nitro groups is 1. The largest absolute Gasteiger partial charge is 0.433 e. The lowest BCUT2D eigenvalue weighted by Gasteiger charge is -2.01. The Morgan fingerprint density at radius 1 is 1.41 bits per heavy atom. The molecule has 8 heteroatoms. The Kier molecular flexibility index (Phi) is 2.88. The third-order valence-electron chi connectivity index (χ3n) is 2.23. The summed E-state index contributed by atoms with van der Waals surface area (Å²) in [5.74, 6) is 0.330. The van der Waals surface area contributed by atoms with E-state index in [2.05, 4.69) is 15.5 Å². The first-order valence-corrected chi connectivity index (χ1v) is 4.87. The Hall–Kier alpha value is -2.22. The molecule has 0 aliphatic heterocycles. The summed E-state index contributed by atoms with van der Waals surface area (Å²) in [6.07, 6.45) is 0. The smallest absolute Gasteiger partial charge is 0.416 e. The van der Waals surface area contributed by atoms with Crippen LogP contribution in [0.2, 0.25) is 0 Å². The van der Waals surface area contributed by atoms with Crippen molar-refractivity contribution in [2.24, 2.45) is 0 Å². The van der Waals surface area contributed by atoms with Gasteiger partial charge in [-0.3, -0.25) is 10.1 Å². The van der Waals surface area contributed by atoms with Crippen LogP contribution >= 0.6 is 0 Å². The molecule has 2 heterocycles. The van der Waals surface area contributed by atoms with Crippen molar-refractivity contribution in [3.63, 3.8) is 0 Å². The number of furan rings is 1. The van der Waals surface area contributed by atoms with Crippen molar-refractivity contribution in [2.45, 2.75) is 13.0 Å². The molecule has 90 valence electrons. The van der Waals surface area contributed by atoms with E-state index in [1.807, 2.05) is 6.92 Å². The van der Waals surface area contributed by atoms with Gasteiger partial charge in [-0.15, -0.1) is 10.2 Å². The van der Waals surface area contributed by atoms with Gasteiger partial charge >= 0.3 is 5.88 Å². The summed E-state index contributed by atoms with van der Waals surface area (Å²) in [5.41, 5.74) is 0. The van der Waals surface area contributed by atoms with Crippen LogP contribution in [-0.2, 0) is 0 Å². The van der Waals surface area contributed by atoms with Crippen molar-refractivity contribution >= 4 is 5.88 Å². The highest BCUT2D eigenvalue weighted by Gasteiger charge is 2.19. The molecule has 1 unspecified atom stereocenters. The van der Waals surface area contributed by atoms with Crippen LogP contribution in [0.15, 0.2) is 21.0 Å². The summed E-state index contributed by atoms with van der Waals surface area (Å²) in [5, 5.41) is 20.9. The highest BCUT2D eigenvalue weighted by Crippen LogP contribution is 2.25. The van der Waals surface area contributed by atoms with E-state index in [1.54, 1.807) is 7.05 Å². The fraction of sp³-hybridized carbons (Fsp3) is 0.333. The lowest BCUT2D eigenvalue weighted by molar-refractivity contribution is -0.401. The molecule has 0 aliphatic carbocycles. The average molecular weight is 238 g/mol. The van der Waals surface area contributed by atoms with Crippen molar-refractivity contribution in [1.82, 2.24) is 15.5 Å². The molecule has 0 saturated carbocycles. The first kappa shape index (κ1) is 11.3. The number of nitrogens with one attached hydrogen (secondary N) is 1. The molecule has 1 N–H and O–H groups in total. The highest BCUT2D eigenvalue weighted by molar-refractivity contribution is 5.46. The fourth-order valence-electron chi connectivity index (χ4n) is 1.17. The van der Waals surface area contributed by atoms with Crippen LogP contribution in [0.1, 0.15) is 18.9 Å². The number of hydrogen-bond donors (Lipinski definition) is 1. The molecule has 0 radical (unpaired) electrons. The molecule has 2 aromatic rings. The van der Waals surface area contributed by atoms with Crippen LogP contribution < -0.4 is 5.32 Å². The molecule has 2 rings (SSSR count). The van der Waals surface area contributed by atoms with Crippen LogP contribution in [0.3, 0.4) is 0 Å². The molecule has 0 aromatic carbocycles. The van der Waals surface area contributed by atoms with Gasteiger partial charge in [-0.05, 0) is 20.0 Å². The number of rotatable bonds is 4. The third kappa shape index (κ3) is 2.16. The van der Waals surface area contributed by atoms with Gasteiger partial charge in [0.25, 0.3) is 5.89 Å². The lowest BCUT2D eigenvalue weighted by Crippen LogP contribution is -2.12. The second-order valence-electron chi connectivity index (χ2n) is 3.35. The molecule has 8 nitrogen and oxygen atoms in total. The summed E-state index contributed by atoms with van der Waals surface area (Å²) < 4.78 is 10.3. The first-order valence-electron chi connectivity index (χ1n) is 4.87. The number of hydrogen-bond acceptors (Lipinski definition) is 7. The fourth-order valence-corrected chi connectivity index (χ4v) is 1.17. The number of aromatic nitrogens is 2. The van der Waals surface area contributed by atoms with Crippen LogP contribution in [0.25, 0.3) is 11.7 Å². The Morgan fingerprint density at radius 3 is 2.76 bits per heavy atom. The molecule has 0 bridgehead atoms. The van der Waals surface area contributed by atoms with E-state index in [9.17, 15) is 10.1 Å². The van der Waals surface area contributed by atoms with Crippen LogP contribution in [0, 0.1) is 10.1 Å². The van der Waals surface area contributed by atoms with E-state index < -0.39 is 4.92 Å². The van der Waals surface area contributed by atoms with Gasteiger partial charge in [0, 0.05) is 0 Å². The summed E-state index contributed by atoms with van der Waals surface area (Å²) in [4.78, 5) is 9.81. The maximum absolute atomic E-state index is 10.4. The van der Waals surface area contributed by atoms with Crippen molar-refractivity contribution in [3.05, 3.63) is 28.1 Å².